The summed E-state index contributed by atoms with van der Waals surface area (Å²) >= 11 is 0. The van der Waals surface area contributed by atoms with Gasteiger partial charge in [-0.1, -0.05) is 26.0 Å². The fourth-order valence-electron chi connectivity index (χ4n) is 7.54. The molecule has 4 saturated carbocycles. The summed E-state index contributed by atoms with van der Waals surface area (Å²) in [4.78, 5) is 25.8. The molecule has 0 heterocycles. The second kappa shape index (κ2) is 7.13. The zero-order valence-corrected chi connectivity index (χ0v) is 17.2. The molecule has 0 spiro atoms. The molecule has 0 saturated heterocycles. The van der Waals surface area contributed by atoms with Crippen molar-refractivity contribution in [2.45, 2.75) is 78.1 Å². The Balaban J connectivity index is 1.52. The Kier molecular flexibility index (Phi) is 5.12. The topological polar surface area (TPSA) is 60.2 Å². The van der Waals surface area contributed by atoms with Crippen LogP contribution < -0.4 is 5.73 Å². The van der Waals surface area contributed by atoms with Crippen molar-refractivity contribution in [3.8, 4) is 0 Å². The van der Waals surface area contributed by atoms with Crippen LogP contribution in [-0.2, 0) is 9.59 Å². The second-order valence-corrected chi connectivity index (χ2v) is 10.4. The first kappa shape index (κ1) is 19.4. The molecule has 3 heteroatoms. The maximum absolute atomic E-state index is 13.3. The summed E-state index contributed by atoms with van der Waals surface area (Å²) < 4.78 is 0. The van der Waals surface area contributed by atoms with Gasteiger partial charge < -0.3 is 5.73 Å². The first-order valence-electron chi connectivity index (χ1n) is 11.3. The van der Waals surface area contributed by atoms with Crippen LogP contribution in [0.15, 0.2) is 12.2 Å². The van der Waals surface area contributed by atoms with Gasteiger partial charge in [0.1, 0.15) is 11.6 Å². The molecule has 0 aliphatic heterocycles. The van der Waals surface area contributed by atoms with Crippen molar-refractivity contribution in [2.75, 3.05) is 6.54 Å². The van der Waals surface area contributed by atoms with E-state index in [1.54, 1.807) is 0 Å². The minimum atomic E-state index is -0.131. The standard InChI is InChI=1S/C24H37NO2/c1-23-11-9-16(6-4-3-5-13-25)14-20(23)21(26)15-17-18-7-8-22(27)24(18,2)12-10-19(17)23/h4,6,16-20H,3,5,7-15,25H2,1-2H3/b6-4-/t16-,17-,18-,19-,20?,23+,24-/m0/s1. The monoisotopic (exact) mass is 371 g/mol. The average Bonchev–Trinajstić information content (AvgIpc) is 2.95. The lowest BCUT2D eigenvalue weighted by molar-refractivity contribution is -0.157. The maximum Gasteiger partial charge on any atom is 0.139 e. The minimum Gasteiger partial charge on any atom is -0.330 e. The van der Waals surface area contributed by atoms with E-state index in [-0.39, 0.29) is 16.7 Å². The van der Waals surface area contributed by atoms with E-state index in [1.165, 1.54) is 12.8 Å². The van der Waals surface area contributed by atoms with Crippen LogP contribution in [0.3, 0.4) is 0 Å². The normalized spacial score (nSPS) is 47.0. The second-order valence-electron chi connectivity index (χ2n) is 10.4. The Labute approximate surface area is 164 Å². The summed E-state index contributed by atoms with van der Waals surface area (Å²) in [6, 6.07) is 0. The molecule has 0 aromatic carbocycles. The maximum atomic E-state index is 13.3. The summed E-state index contributed by atoms with van der Waals surface area (Å²) in [5, 5.41) is 0. The SMILES string of the molecule is C[C@]12CC[C@H](/C=C\CCCN)CC1C(=O)C[C@@H]1[C@@H]2CC[C@]2(C)C(=O)CC[C@@H]12. The number of rotatable bonds is 4. The van der Waals surface area contributed by atoms with Gasteiger partial charge in [0.05, 0.1) is 0 Å². The molecule has 0 radical (unpaired) electrons. The third-order valence-electron chi connectivity index (χ3n) is 9.19. The lowest BCUT2D eigenvalue weighted by Crippen LogP contribution is -2.56. The fourth-order valence-corrected chi connectivity index (χ4v) is 7.54. The fraction of sp³-hybridized carbons (Fsp3) is 0.833. The number of hydrogen-bond donors (Lipinski definition) is 1. The Morgan fingerprint density at radius 3 is 2.70 bits per heavy atom. The van der Waals surface area contributed by atoms with E-state index in [0.29, 0.717) is 35.2 Å². The molecule has 0 amide bonds. The van der Waals surface area contributed by atoms with Gasteiger partial charge >= 0.3 is 0 Å². The summed E-state index contributed by atoms with van der Waals surface area (Å²) in [7, 11) is 0. The van der Waals surface area contributed by atoms with Gasteiger partial charge in [-0.2, -0.15) is 0 Å². The smallest absolute Gasteiger partial charge is 0.139 e. The van der Waals surface area contributed by atoms with Crippen LogP contribution in [0.4, 0.5) is 0 Å². The predicted octanol–water partition coefficient (Wildman–Crippen LogP) is 4.69. The van der Waals surface area contributed by atoms with E-state index in [2.05, 4.69) is 26.0 Å². The van der Waals surface area contributed by atoms with Gasteiger partial charge in [0.25, 0.3) is 0 Å². The highest BCUT2D eigenvalue weighted by Crippen LogP contribution is 2.65. The third kappa shape index (κ3) is 3.05. The molecule has 1 unspecified atom stereocenters. The van der Waals surface area contributed by atoms with Crippen LogP contribution in [0.2, 0.25) is 0 Å². The van der Waals surface area contributed by atoms with Crippen molar-refractivity contribution in [1.82, 2.24) is 0 Å². The van der Waals surface area contributed by atoms with E-state index >= 15 is 0 Å². The van der Waals surface area contributed by atoms with Gasteiger partial charge in [-0.25, -0.2) is 0 Å². The molecule has 0 bridgehead atoms. The first-order chi connectivity index (χ1) is 12.9. The summed E-state index contributed by atoms with van der Waals surface area (Å²) in [5.41, 5.74) is 5.62. The van der Waals surface area contributed by atoms with E-state index in [1.807, 2.05) is 0 Å². The Hall–Kier alpha value is -0.960. The van der Waals surface area contributed by atoms with Crippen molar-refractivity contribution in [3.63, 3.8) is 0 Å². The molecule has 0 aromatic heterocycles. The van der Waals surface area contributed by atoms with Crippen LogP contribution >= 0.6 is 0 Å². The highest BCUT2D eigenvalue weighted by molar-refractivity contribution is 5.88. The van der Waals surface area contributed by atoms with E-state index < -0.39 is 0 Å². The van der Waals surface area contributed by atoms with Crippen molar-refractivity contribution in [2.24, 2.45) is 46.2 Å². The van der Waals surface area contributed by atoms with Gasteiger partial charge in [0, 0.05) is 24.2 Å². The lowest BCUT2D eigenvalue weighted by Gasteiger charge is -2.59. The van der Waals surface area contributed by atoms with Crippen molar-refractivity contribution < 1.29 is 9.59 Å². The summed E-state index contributed by atoms with van der Waals surface area (Å²) in [6.07, 6.45) is 14.9. The Bertz CT molecular complexity index is 640. The van der Waals surface area contributed by atoms with Gasteiger partial charge in [-0.15, -0.1) is 0 Å². The van der Waals surface area contributed by atoms with Gasteiger partial charge in [0.15, 0.2) is 0 Å². The molecule has 7 atom stereocenters. The summed E-state index contributed by atoms with van der Waals surface area (Å²) in [5.74, 6) is 3.33. The van der Waals surface area contributed by atoms with E-state index in [4.69, 9.17) is 5.73 Å². The molecule has 150 valence electrons. The number of carbonyl (C=O) groups is 2. The largest absolute Gasteiger partial charge is 0.330 e. The van der Waals surface area contributed by atoms with Crippen LogP contribution in [0.1, 0.15) is 78.1 Å². The molecule has 27 heavy (non-hydrogen) atoms. The van der Waals surface area contributed by atoms with Crippen LogP contribution in [0.5, 0.6) is 0 Å². The number of hydrogen-bond acceptors (Lipinski definition) is 3. The zero-order chi connectivity index (χ0) is 19.2. The van der Waals surface area contributed by atoms with Crippen molar-refractivity contribution in [3.05, 3.63) is 12.2 Å². The molecule has 4 aliphatic carbocycles. The van der Waals surface area contributed by atoms with Gasteiger partial charge in [0.2, 0.25) is 0 Å². The first-order valence-corrected chi connectivity index (χ1v) is 11.3. The predicted molar refractivity (Wildman–Crippen MR) is 108 cm³/mol. The lowest BCUT2D eigenvalue weighted by atomic mass is 9.44. The number of unbranched alkanes of at least 4 members (excludes halogenated alkanes) is 1. The molecule has 4 rings (SSSR count). The molecule has 4 fully saturated rings. The van der Waals surface area contributed by atoms with Crippen LogP contribution in [0, 0.1) is 40.4 Å². The number of carbonyl (C=O) groups excluding carboxylic acids is 2. The van der Waals surface area contributed by atoms with Gasteiger partial charge in [-0.3, -0.25) is 9.59 Å². The third-order valence-corrected chi connectivity index (χ3v) is 9.19. The molecular formula is C24H37NO2. The van der Waals surface area contributed by atoms with E-state index in [0.717, 1.165) is 57.9 Å². The number of ketones is 2. The minimum absolute atomic E-state index is 0.131. The zero-order valence-electron chi connectivity index (χ0n) is 17.2. The number of allylic oxidation sites excluding steroid dienone is 2. The highest BCUT2D eigenvalue weighted by Gasteiger charge is 2.62. The number of fused-ring (bicyclic) bond motifs is 5. The van der Waals surface area contributed by atoms with Crippen molar-refractivity contribution >= 4 is 11.6 Å². The average molecular weight is 372 g/mol. The number of Topliss-reactive ketones (excluding diaryl/α,β-unsaturated/α-hetero) is 2. The molecule has 0 aromatic rings. The quantitative estimate of drug-likeness (QED) is 0.576. The molecule has 3 nitrogen and oxygen atoms in total. The molecule has 4 aliphatic rings. The Morgan fingerprint density at radius 1 is 1.11 bits per heavy atom. The highest BCUT2D eigenvalue weighted by atomic mass is 16.1. The van der Waals surface area contributed by atoms with Crippen molar-refractivity contribution in [1.29, 1.82) is 0 Å². The number of nitrogens with two attached hydrogens (primary N) is 1. The molecular weight excluding hydrogens is 334 g/mol. The van der Waals surface area contributed by atoms with Crippen LogP contribution in [-0.4, -0.2) is 18.1 Å². The van der Waals surface area contributed by atoms with E-state index in [9.17, 15) is 9.59 Å². The van der Waals surface area contributed by atoms with Gasteiger partial charge in [-0.05, 0) is 87.0 Å². The Morgan fingerprint density at radius 2 is 1.93 bits per heavy atom. The summed E-state index contributed by atoms with van der Waals surface area (Å²) in [6.45, 7) is 5.37. The molecule has 2 N–H and O–H groups in total. The van der Waals surface area contributed by atoms with Crippen LogP contribution in [0.25, 0.3) is 0 Å².